The molecule has 0 saturated heterocycles. The summed E-state index contributed by atoms with van der Waals surface area (Å²) in [5.74, 6) is -18.2. The molecule has 37 heteroatoms. The maximum Gasteiger partial charge on any atom is 0.308 e. The molecule has 2 aromatic carbocycles. The molecule has 0 aromatic heterocycles. The van der Waals surface area contributed by atoms with Crippen LogP contribution >= 0.6 is 0 Å². The van der Waals surface area contributed by atoms with Gasteiger partial charge in [-0.3, -0.25) is 76.7 Å². The highest BCUT2D eigenvalue weighted by Crippen LogP contribution is 2.19. The minimum atomic E-state index is -1.74. The fraction of sp³-hybridized carbons (Fsp3) is 0.667. The van der Waals surface area contributed by atoms with Gasteiger partial charge < -0.3 is 112 Å². The Balaban J connectivity index is 2.28. The number of nitrogens with two attached hydrogens (primary N) is 4. The van der Waals surface area contributed by atoms with Crippen LogP contribution in [0.2, 0.25) is 0 Å². The van der Waals surface area contributed by atoms with Gasteiger partial charge in [-0.2, -0.15) is 0 Å². The monoisotopic (exact) mass is 1710 g/mol. The van der Waals surface area contributed by atoms with Gasteiger partial charge in [0.05, 0.1) is 25.6 Å². The molecule has 0 bridgehead atoms. The van der Waals surface area contributed by atoms with E-state index in [4.69, 9.17) is 22.9 Å². The molecule has 0 heterocycles. The fourth-order valence-electron chi connectivity index (χ4n) is 13.0. The van der Waals surface area contributed by atoms with E-state index in [9.17, 15) is 97.1 Å². The number of aliphatic hydroxyl groups excluding tert-OH is 1. The average Bonchev–Trinajstić information content (AvgIpc) is 0.855. The quantitative estimate of drug-likeness (QED) is 0.0407. The van der Waals surface area contributed by atoms with Crippen molar-refractivity contribution in [2.75, 3.05) is 39.3 Å². The molecular formula is C84H139N17O20. The summed E-state index contributed by atoms with van der Waals surface area (Å²) in [5.41, 5.74) is 23.7. The molecule has 0 aliphatic rings. The molecule has 0 aliphatic carbocycles. The number of phenols is 1. The molecule has 0 spiro atoms. The Hall–Kier alpha value is -10.4. The summed E-state index contributed by atoms with van der Waals surface area (Å²) >= 11 is 0. The molecule has 121 heavy (non-hydrogen) atoms. The number of aliphatic carboxylic acids is 2. The van der Waals surface area contributed by atoms with Gasteiger partial charge in [0.25, 0.3) is 0 Å². The van der Waals surface area contributed by atoms with E-state index in [1.165, 1.54) is 83.1 Å². The average molecular weight is 1710 g/mol. The van der Waals surface area contributed by atoms with E-state index in [2.05, 4.69) is 76.0 Å². The standard InChI is InChI=1S/C84H139N17O20/c1-8-11-12-13-14-15-16-17-18-19-20-21-25-37-66(104)99-72(54(6)84(120)121)81(117)90-49-67(105)92-61(36-28-31-46-87)76(112)98-65(51-102)80(116)94-60(35-27-30-45-86)75(111)89-50-68(106)100-70(52(4)9-2)82(118)91-55(7)74(110)96-64(48-57-38-40-58(103)41-39-57)79(115)101-71(53(5)10-3)83(119)95-62(42-43-69(107)108)77(113)97-63(47-56-32-23-22-24-33-56)78(114)93-59(73(88)109)34-26-29-44-85/h22-24,32-33,38-41,52-55,59-65,70-72,102-103H,8-21,25-31,34-37,42-51,85-87H2,1-7H3,(H2,88,109)(H,89,111)(H,90,117)(H,91,118)(H,92,105)(H,93,114)(H,94,116)(H,95,119)(H,96,110)(H,97,113)(H,98,112)(H,99,104)(H,100,106)(H,101,115)(H,107,108)(H,120,121)/t52-,53+,54?,55-,59-,60-,61-,62-,63-,64-,65-,70-,71+,72-/m1/s1. The zero-order valence-corrected chi connectivity index (χ0v) is 71.7. The van der Waals surface area contributed by atoms with Crippen molar-refractivity contribution in [1.29, 1.82) is 0 Å². The van der Waals surface area contributed by atoms with E-state index in [1.807, 2.05) is 0 Å². The van der Waals surface area contributed by atoms with Crippen LogP contribution < -0.4 is 92.1 Å². The van der Waals surface area contributed by atoms with E-state index in [-0.39, 0.29) is 83.0 Å². The van der Waals surface area contributed by atoms with Gasteiger partial charge in [0.1, 0.15) is 72.2 Å². The van der Waals surface area contributed by atoms with Gasteiger partial charge in [-0.15, -0.1) is 0 Å². The zero-order chi connectivity index (χ0) is 90.4. The van der Waals surface area contributed by atoms with E-state index in [1.54, 1.807) is 58.0 Å². The Morgan fingerprint density at radius 1 is 0.355 bits per heavy atom. The van der Waals surface area contributed by atoms with Crippen LogP contribution in [0.1, 0.15) is 233 Å². The van der Waals surface area contributed by atoms with Gasteiger partial charge in [0.15, 0.2) is 0 Å². The lowest BCUT2D eigenvalue weighted by Gasteiger charge is -2.30. The molecule has 680 valence electrons. The summed E-state index contributed by atoms with van der Waals surface area (Å²) in [4.78, 5) is 218. The summed E-state index contributed by atoms with van der Waals surface area (Å²) in [7, 11) is 0. The number of nitrogens with one attached hydrogen (secondary N) is 13. The Kier molecular flexibility index (Phi) is 53.8. The number of phenolic OH excluding ortho intramolecular Hbond substituents is 1. The number of hydrogen-bond acceptors (Lipinski definition) is 21. The van der Waals surface area contributed by atoms with E-state index < -0.39 is 211 Å². The van der Waals surface area contributed by atoms with E-state index >= 15 is 0 Å². The first-order chi connectivity index (χ1) is 57.7. The number of rotatable bonds is 66. The Morgan fingerprint density at radius 2 is 0.744 bits per heavy atom. The minimum absolute atomic E-state index is 0.0467. The number of benzene rings is 2. The summed E-state index contributed by atoms with van der Waals surface area (Å²) in [6.07, 6.45) is 15.5. The summed E-state index contributed by atoms with van der Waals surface area (Å²) in [5, 5.41) is 73.0. The second kappa shape index (κ2) is 61.0. The normalized spacial score (nSPS) is 14.6. The predicted molar refractivity (Wildman–Crippen MR) is 453 cm³/mol. The molecular weight excluding hydrogens is 1570 g/mol. The van der Waals surface area contributed by atoms with Crippen LogP contribution in [0.25, 0.3) is 0 Å². The third-order valence-corrected chi connectivity index (χ3v) is 21.0. The van der Waals surface area contributed by atoms with Gasteiger partial charge in [-0.05, 0) is 139 Å². The number of amides is 14. The highest BCUT2D eigenvalue weighted by atomic mass is 16.4. The Morgan fingerprint density at radius 3 is 1.23 bits per heavy atom. The third-order valence-electron chi connectivity index (χ3n) is 21.0. The summed E-state index contributed by atoms with van der Waals surface area (Å²) < 4.78 is 0. The zero-order valence-electron chi connectivity index (χ0n) is 71.7. The molecule has 1 unspecified atom stereocenters. The minimum Gasteiger partial charge on any atom is -0.508 e. The second-order valence-electron chi connectivity index (χ2n) is 31.1. The van der Waals surface area contributed by atoms with Crippen molar-refractivity contribution in [1.82, 2.24) is 69.1 Å². The lowest BCUT2D eigenvalue weighted by atomic mass is 9.96. The van der Waals surface area contributed by atoms with Crippen molar-refractivity contribution in [2.45, 2.75) is 301 Å². The van der Waals surface area contributed by atoms with Gasteiger partial charge in [0.2, 0.25) is 82.7 Å². The molecule has 0 fully saturated rings. The van der Waals surface area contributed by atoms with E-state index in [0.717, 1.165) is 32.1 Å². The van der Waals surface area contributed by atoms with Crippen LogP contribution in [0.4, 0.5) is 0 Å². The lowest BCUT2D eigenvalue weighted by molar-refractivity contribution is -0.145. The molecule has 2 aromatic rings. The van der Waals surface area contributed by atoms with Crippen molar-refractivity contribution < 1.29 is 97.1 Å². The first kappa shape index (κ1) is 107. The number of carboxylic acids is 2. The van der Waals surface area contributed by atoms with Crippen molar-refractivity contribution >= 4 is 94.6 Å². The number of carbonyl (C=O) groups excluding carboxylic acids is 14. The largest absolute Gasteiger partial charge is 0.508 e. The first-order valence-electron chi connectivity index (χ1n) is 42.8. The van der Waals surface area contributed by atoms with Crippen LogP contribution in [-0.4, -0.2) is 221 Å². The molecule has 25 N–H and O–H groups in total. The van der Waals surface area contributed by atoms with Gasteiger partial charge in [-0.1, -0.05) is 167 Å². The van der Waals surface area contributed by atoms with Crippen LogP contribution in [0.15, 0.2) is 54.6 Å². The van der Waals surface area contributed by atoms with Crippen molar-refractivity contribution in [3.63, 3.8) is 0 Å². The number of primary amides is 1. The highest BCUT2D eigenvalue weighted by Gasteiger charge is 2.38. The molecule has 37 nitrogen and oxygen atoms in total. The topological polar surface area (TPSA) is 615 Å². The maximum absolute atomic E-state index is 14.7. The number of carboxylic acid groups (broad SMARTS) is 2. The second-order valence-corrected chi connectivity index (χ2v) is 31.1. The highest BCUT2D eigenvalue weighted by molar-refractivity contribution is 6.00. The van der Waals surface area contributed by atoms with Gasteiger partial charge >= 0.3 is 11.9 Å². The number of aromatic hydroxyl groups is 1. The number of unbranched alkanes of at least 4 members (excludes halogenated alkanes) is 15. The van der Waals surface area contributed by atoms with Crippen molar-refractivity contribution in [2.24, 2.45) is 40.7 Å². The number of carbonyl (C=O) groups is 16. The maximum atomic E-state index is 14.7. The summed E-state index contributed by atoms with van der Waals surface area (Å²) in [6.45, 7) is 9.48. The fourth-order valence-corrected chi connectivity index (χ4v) is 13.0. The lowest BCUT2D eigenvalue weighted by Crippen LogP contribution is -2.61. The Labute approximate surface area is 710 Å². The predicted octanol–water partition coefficient (Wildman–Crippen LogP) is 0.786. The molecule has 0 saturated carbocycles. The first-order valence-corrected chi connectivity index (χ1v) is 42.8. The summed E-state index contributed by atoms with van der Waals surface area (Å²) in [6, 6.07) is -2.04. The third kappa shape index (κ3) is 43.6. The Bertz CT molecular complexity index is 3560. The molecule has 14 atom stereocenters. The number of hydrogen-bond donors (Lipinski definition) is 21. The number of aliphatic hydroxyl groups is 1. The van der Waals surface area contributed by atoms with Crippen LogP contribution in [0.5, 0.6) is 5.75 Å². The molecule has 14 amide bonds. The van der Waals surface area contributed by atoms with Crippen LogP contribution in [-0.2, 0) is 89.6 Å². The van der Waals surface area contributed by atoms with Gasteiger partial charge in [-0.25, -0.2) is 0 Å². The molecule has 2 rings (SSSR count). The molecule has 0 aliphatic heterocycles. The van der Waals surface area contributed by atoms with E-state index in [0.29, 0.717) is 49.8 Å². The van der Waals surface area contributed by atoms with Crippen LogP contribution in [0, 0.1) is 17.8 Å². The SMILES string of the molecule is CCCCCCCCCCCCCCCC(=O)N[C@@H](C(=O)NCC(=O)N[C@H](CCCCN)C(=O)N[C@H](CO)C(=O)N[C@H](CCCCN)C(=O)NCC(=O)N[C@@H](C(=O)N[C@H](C)C(=O)N[C@H](Cc1ccc(O)cc1)C(=O)N[C@H](C(=O)N[C@H](CCC(=O)O)C(=O)N[C@H](Cc1ccccc1)C(=O)N[C@H](CCCCN)C(N)=O)[C@@H](C)CC)[C@H](C)CC)C(C)C(=O)O. The van der Waals surface area contributed by atoms with Crippen molar-refractivity contribution in [3.05, 3.63) is 65.7 Å². The molecule has 0 radical (unpaired) electrons. The van der Waals surface area contributed by atoms with Gasteiger partial charge in [0, 0.05) is 25.7 Å². The van der Waals surface area contributed by atoms with Crippen LogP contribution in [0.3, 0.4) is 0 Å². The van der Waals surface area contributed by atoms with Crippen molar-refractivity contribution in [3.8, 4) is 5.75 Å². The smallest absolute Gasteiger partial charge is 0.308 e.